The van der Waals surface area contributed by atoms with Crippen LogP contribution < -0.4 is 4.74 Å². The van der Waals surface area contributed by atoms with E-state index in [4.69, 9.17) is 4.74 Å². The van der Waals surface area contributed by atoms with Crippen LogP contribution in [0.2, 0.25) is 0 Å². The van der Waals surface area contributed by atoms with E-state index in [9.17, 15) is 21.2 Å². The Bertz CT molecular complexity index is 745. The second-order valence-electron chi connectivity index (χ2n) is 4.90. The van der Waals surface area contributed by atoms with Crippen LogP contribution in [0, 0.1) is 5.82 Å². The molecule has 1 aliphatic heterocycles. The molecule has 9 heteroatoms. The molecule has 1 aliphatic rings. The maximum absolute atomic E-state index is 13.6. The Balaban J connectivity index is 2.29. The van der Waals surface area contributed by atoms with Gasteiger partial charge in [0.25, 0.3) is 0 Å². The van der Waals surface area contributed by atoms with Crippen molar-refractivity contribution < 1.29 is 26.0 Å². The zero-order chi connectivity index (χ0) is 15.8. The molecule has 21 heavy (non-hydrogen) atoms. The van der Waals surface area contributed by atoms with E-state index in [1.165, 1.54) is 19.2 Å². The highest BCUT2D eigenvalue weighted by Gasteiger charge is 2.37. The van der Waals surface area contributed by atoms with Gasteiger partial charge in [-0.1, -0.05) is 0 Å². The van der Waals surface area contributed by atoms with Crippen LogP contribution in [-0.4, -0.2) is 52.8 Å². The van der Waals surface area contributed by atoms with Gasteiger partial charge in [0.1, 0.15) is 0 Å². The van der Waals surface area contributed by atoms with Gasteiger partial charge in [-0.2, -0.15) is 4.31 Å². The minimum atomic E-state index is -3.91. The number of nitrogens with zero attached hydrogens (tertiary/aromatic N) is 1. The SMILES string of the molecule is COc1ccc(S(=O)(=O)N2CCC(S(C)(=O)=O)C2)cc1F. The molecule has 1 atom stereocenters. The number of sulfone groups is 1. The molecule has 2 rings (SSSR count). The molecule has 118 valence electrons. The van der Waals surface area contributed by atoms with E-state index < -0.39 is 30.9 Å². The maximum atomic E-state index is 13.6. The summed E-state index contributed by atoms with van der Waals surface area (Å²) in [5.74, 6) is -0.832. The Hall–Kier alpha value is -1.19. The van der Waals surface area contributed by atoms with Crippen molar-refractivity contribution in [1.29, 1.82) is 0 Å². The van der Waals surface area contributed by atoms with Gasteiger partial charge in [-0.3, -0.25) is 0 Å². The number of rotatable bonds is 4. The second kappa shape index (κ2) is 5.54. The molecule has 0 bridgehead atoms. The molecule has 1 aromatic rings. The molecule has 0 radical (unpaired) electrons. The number of sulfonamides is 1. The fourth-order valence-corrected chi connectivity index (χ4v) is 4.81. The standard InChI is InChI=1S/C12H16FNO5S2/c1-19-12-4-3-9(7-11(12)13)21(17,18)14-6-5-10(8-14)20(2,15)16/h3-4,7,10H,5-6,8H2,1-2H3. The van der Waals surface area contributed by atoms with Crippen LogP contribution in [-0.2, 0) is 19.9 Å². The van der Waals surface area contributed by atoms with Gasteiger partial charge in [-0.15, -0.1) is 0 Å². The molecular formula is C12H16FNO5S2. The van der Waals surface area contributed by atoms with Gasteiger partial charge in [-0.05, 0) is 24.6 Å². The highest BCUT2D eigenvalue weighted by atomic mass is 32.2. The first-order valence-electron chi connectivity index (χ1n) is 6.19. The van der Waals surface area contributed by atoms with E-state index in [0.717, 1.165) is 16.6 Å². The third-order valence-electron chi connectivity index (χ3n) is 3.47. The van der Waals surface area contributed by atoms with Crippen molar-refractivity contribution in [2.24, 2.45) is 0 Å². The first kappa shape index (κ1) is 16.2. The molecule has 0 aliphatic carbocycles. The maximum Gasteiger partial charge on any atom is 0.243 e. The lowest BCUT2D eigenvalue weighted by molar-refractivity contribution is 0.385. The average molecular weight is 337 g/mol. The van der Waals surface area contributed by atoms with Gasteiger partial charge in [-0.25, -0.2) is 21.2 Å². The van der Waals surface area contributed by atoms with E-state index in [2.05, 4.69) is 0 Å². The summed E-state index contributed by atoms with van der Waals surface area (Å²) in [6.07, 6.45) is 1.33. The van der Waals surface area contributed by atoms with Crippen LogP contribution in [0.3, 0.4) is 0 Å². The summed E-state index contributed by atoms with van der Waals surface area (Å²) in [5, 5.41) is -0.713. The van der Waals surface area contributed by atoms with E-state index >= 15 is 0 Å². The van der Waals surface area contributed by atoms with Crippen LogP contribution in [0.15, 0.2) is 23.1 Å². The number of halogens is 1. The number of hydrogen-bond donors (Lipinski definition) is 0. The summed E-state index contributed by atoms with van der Waals surface area (Å²) in [6, 6.07) is 3.35. The predicted molar refractivity (Wildman–Crippen MR) is 75.0 cm³/mol. The van der Waals surface area contributed by atoms with Crippen LogP contribution in [0.25, 0.3) is 0 Å². The lowest BCUT2D eigenvalue weighted by atomic mass is 10.3. The summed E-state index contributed by atoms with van der Waals surface area (Å²) in [4.78, 5) is -0.213. The molecule has 6 nitrogen and oxygen atoms in total. The number of ether oxygens (including phenoxy) is 1. The molecule has 0 amide bonds. The first-order valence-corrected chi connectivity index (χ1v) is 9.58. The lowest BCUT2D eigenvalue weighted by Gasteiger charge is -2.16. The number of methoxy groups -OCH3 is 1. The third kappa shape index (κ3) is 3.19. The predicted octanol–water partition coefficient (Wildman–Crippen LogP) is 0.642. The Kier molecular flexibility index (Phi) is 4.27. The topological polar surface area (TPSA) is 80.8 Å². The van der Waals surface area contributed by atoms with E-state index in [1.807, 2.05) is 0 Å². The van der Waals surface area contributed by atoms with Crippen molar-refractivity contribution in [1.82, 2.24) is 4.31 Å². The molecule has 1 unspecified atom stereocenters. The minimum absolute atomic E-state index is 0.0515. The van der Waals surface area contributed by atoms with Crippen molar-refractivity contribution in [3.05, 3.63) is 24.0 Å². The molecule has 0 spiro atoms. The fraction of sp³-hybridized carbons (Fsp3) is 0.500. The second-order valence-corrected chi connectivity index (χ2v) is 9.16. The Morgan fingerprint density at radius 2 is 1.95 bits per heavy atom. The third-order valence-corrected chi connectivity index (χ3v) is 6.93. The van der Waals surface area contributed by atoms with E-state index in [1.54, 1.807) is 0 Å². The molecule has 0 saturated carbocycles. The van der Waals surface area contributed by atoms with Gasteiger partial charge in [0, 0.05) is 19.3 Å². The zero-order valence-electron chi connectivity index (χ0n) is 11.6. The summed E-state index contributed by atoms with van der Waals surface area (Å²) in [7, 11) is -5.92. The monoisotopic (exact) mass is 337 g/mol. The Morgan fingerprint density at radius 3 is 2.43 bits per heavy atom. The van der Waals surface area contributed by atoms with Gasteiger partial charge >= 0.3 is 0 Å². The highest BCUT2D eigenvalue weighted by molar-refractivity contribution is 7.91. The Morgan fingerprint density at radius 1 is 1.29 bits per heavy atom. The molecule has 0 aromatic heterocycles. The molecular weight excluding hydrogens is 321 g/mol. The smallest absolute Gasteiger partial charge is 0.243 e. The van der Waals surface area contributed by atoms with Crippen molar-refractivity contribution in [2.45, 2.75) is 16.6 Å². The normalized spacial score (nSPS) is 20.6. The summed E-state index contributed by atoms with van der Waals surface area (Å²) in [5.41, 5.74) is 0. The summed E-state index contributed by atoms with van der Waals surface area (Å²) < 4.78 is 67.2. The van der Waals surface area contributed by atoms with Crippen LogP contribution >= 0.6 is 0 Å². The quantitative estimate of drug-likeness (QED) is 0.805. The van der Waals surface area contributed by atoms with Gasteiger partial charge in [0.05, 0.1) is 17.3 Å². The fourth-order valence-electron chi connectivity index (χ4n) is 2.22. The first-order chi connectivity index (χ1) is 9.66. The molecule has 0 N–H and O–H groups in total. The van der Waals surface area contributed by atoms with Crippen LogP contribution in [0.4, 0.5) is 4.39 Å². The van der Waals surface area contributed by atoms with E-state index in [-0.39, 0.29) is 30.2 Å². The van der Waals surface area contributed by atoms with Crippen molar-refractivity contribution >= 4 is 19.9 Å². The molecule has 1 aromatic carbocycles. The number of hydrogen-bond acceptors (Lipinski definition) is 5. The van der Waals surface area contributed by atoms with E-state index in [0.29, 0.717) is 0 Å². The Labute approximate surface area is 123 Å². The molecule has 1 saturated heterocycles. The minimum Gasteiger partial charge on any atom is -0.494 e. The highest BCUT2D eigenvalue weighted by Crippen LogP contribution is 2.27. The lowest BCUT2D eigenvalue weighted by Crippen LogP contribution is -2.31. The van der Waals surface area contributed by atoms with Gasteiger partial charge in [0.15, 0.2) is 21.4 Å². The summed E-state index contributed by atoms with van der Waals surface area (Å²) >= 11 is 0. The average Bonchev–Trinajstić information content (AvgIpc) is 2.88. The van der Waals surface area contributed by atoms with Gasteiger partial charge in [0.2, 0.25) is 10.0 Å². The zero-order valence-corrected chi connectivity index (χ0v) is 13.2. The van der Waals surface area contributed by atoms with Crippen molar-refractivity contribution in [2.75, 3.05) is 26.5 Å². The van der Waals surface area contributed by atoms with Crippen LogP contribution in [0.1, 0.15) is 6.42 Å². The van der Waals surface area contributed by atoms with Gasteiger partial charge < -0.3 is 4.74 Å². The number of benzene rings is 1. The van der Waals surface area contributed by atoms with Crippen LogP contribution in [0.5, 0.6) is 5.75 Å². The molecule has 1 fully saturated rings. The largest absolute Gasteiger partial charge is 0.494 e. The van der Waals surface area contributed by atoms with Crippen molar-refractivity contribution in [3.63, 3.8) is 0 Å². The summed E-state index contributed by atoms with van der Waals surface area (Å²) in [6.45, 7) is 0.00251. The van der Waals surface area contributed by atoms with Crippen molar-refractivity contribution in [3.8, 4) is 5.75 Å². The molecule has 1 heterocycles.